The minimum Gasteiger partial charge on any atom is -0.291 e. The van der Waals surface area contributed by atoms with Gasteiger partial charge < -0.3 is 0 Å². The van der Waals surface area contributed by atoms with Gasteiger partial charge in [-0.05, 0) is 6.92 Å². The van der Waals surface area contributed by atoms with Gasteiger partial charge in [0.05, 0.1) is 0 Å². The van der Waals surface area contributed by atoms with Gasteiger partial charge in [0.15, 0.2) is 11.6 Å². The summed E-state index contributed by atoms with van der Waals surface area (Å²) in [5, 5.41) is 0. The quantitative estimate of drug-likeness (QED) is 0.644. The van der Waals surface area contributed by atoms with Crippen LogP contribution in [0.25, 0.3) is 0 Å². The van der Waals surface area contributed by atoms with Gasteiger partial charge in [0, 0.05) is 13.8 Å². The Labute approximate surface area is 86.0 Å². The highest BCUT2D eigenvalue weighted by Gasteiger charge is 1.94. The van der Waals surface area contributed by atoms with E-state index in [1.807, 2.05) is 18.2 Å². The maximum Gasteiger partial charge on any atom is 0.195 e. The summed E-state index contributed by atoms with van der Waals surface area (Å²) in [6.45, 7) is 4.59. The van der Waals surface area contributed by atoms with Gasteiger partial charge >= 0.3 is 0 Å². The molecule has 0 aliphatic heterocycles. The van der Waals surface area contributed by atoms with Gasteiger partial charge in [-0.15, -0.1) is 0 Å². The molecule has 0 saturated heterocycles. The third-order valence-corrected chi connectivity index (χ3v) is 1.44. The predicted octanol–water partition coefficient (Wildman–Crippen LogP) is 2.80. The molecule has 78 valence electrons. The van der Waals surface area contributed by atoms with Crippen molar-refractivity contribution in [3.8, 4) is 0 Å². The Morgan fingerprint density at radius 3 is 1.43 bits per heavy atom. The number of benzene rings is 1. The first kappa shape index (κ1) is 15.1. The lowest BCUT2D eigenvalue weighted by molar-refractivity contribution is -0.134. The number of ketones is 2. The lowest BCUT2D eigenvalue weighted by Crippen LogP contribution is -2.01. The van der Waals surface area contributed by atoms with E-state index in [1.165, 1.54) is 19.4 Å². The van der Waals surface area contributed by atoms with E-state index < -0.39 is 0 Å². The van der Waals surface area contributed by atoms with E-state index in [2.05, 4.69) is 19.1 Å². The summed E-state index contributed by atoms with van der Waals surface area (Å²) in [5.74, 6) is -0.759. The molecular formula is C12H18O2. The highest BCUT2D eigenvalue weighted by Crippen LogP contribution is 1.92. The SMILES string of the molecule is C.CC(=O)C(C)=O.Cc1ccccc1. The molecule has 0 aromatic heterocycles. The van der Waals surface area contributed by atoms with Crippen molar-refractivity contribution < 1.29 is 9.59 Å². The molecule has 1 rings (SSSR count). The standard InChI is InChI=1S/C7H8.C4H6O2.CH4/c1-7-5-3-2-4-6-7;1-3(5)4(2)6;/h2-6H,1H3;1-2H3;1H4. The van der Waals surface area contributed by atoms with Crippen molar-refractivity contribution in [2.45, 2.75) is 28.2 Å². The van der Waals surface area contributed by atoms with Crippen LogP contribution in [0.5, 0.6) is 0 Å². The number of carbonyl (C=O) groups is 2. The molecular weight excluding hydrogens is 176 g/mol. The molecule has 0 fully saturated rings. The predicted molar refractivity (Wildman–Crippen MR) is 59.3 cm³/mol. The number of hydrogen-bond donors (Lipinski definition) is 0. The van der Waals surface area contributed by atoms with Crippen LogP contribution < -0.4 is 0 Å². The fourth-order valence-electron chi connectivity index (χ4n) is 0.534. The second kappa shape index (κ2) is 8.17. The van der Waals surface area contributed by atoms with E-state index in [0.717, 1.165) is 0 Å². The Hall–Kier alpha value is -1.44. The fourth-order valence-corrected chi connectivity index (χ4v) is 0.534. The average molecular weight is 194 g/mol. The summed E-state index contributed by atoms with van der Waals surface area (Å²) in [4.78, 5) is 19.6. The Morgan fingerprint density at radius 2 is 1.29 bits per heavy atom. The molecule has 0 spiro atoms. The maximum absolute atomic E-state index is 9.79. The number of aryl methyl sites for hydroxylation is 1. The van der Waals surface area contributed by atoms with E-state index in [-0.39, 0.29) is 19.0 Å². The molecule has 1 aromatic rings. The van der Waals surface area contributed by atoms with Crippen molar-refractivity contribution in [2.75, 3.05) is 0 Å². The molecule has 0 unspecified atom stereocenters. The Bertz CT molecular complexity index is 264. The van der Waals surface area contributed by atoms with Crippen LogP contribution in [0.2, 0.25) is 0 Å². The van der Waals surface area contributed by atoms with Gasteiger partial charge in [0.1, 0.15) is 0 Å². The second-order valence-electron chi connectivity index (χ2n) is 2.77. The molecule has 0 saturated carbocycles. The third-order valence-electron chi connectivity index (χ3n) is 1.44. The van der Waals surface area contributed by atoms with Crippen LogP contribution in [-0.2, 0) is 9.59 Å². The normalized spacial score (nSPS) is 7.64. The third kappa shape index (κ3) is 8.65. The molecule has 0 aliphatic carbocycles. The minimum atomic E-state index is -0.380. The van der Waals surface area contributed by atoms with Gasteiger partial charge in [0.25, 0.3) is 0 Å². The van der Waals surface area contributed by atoms with Gasteiger partial charge in [-0.1, -0.05) is 43.3 Å². The first-order valence-corrected chi connectivity index (χ1v) is 4.07. The summed E-state index contributed by atoms with van der Waals surface area (Å²) in [6.07, 6.45) is 0. The summed E-state index contributed by atoms with van der Waals surface area (Å²) in [6, 6.07) is 10.3. The van der Waals surface area contributed by atoms with Crippen LogP contribution in [0, 0.1) is 6.92 Å². The molecule has 0 N–H and O–H groups in total. The van der Waals surface area contributed by atoms with Crippen LogP contribution in [0.15, 0.2) is 30.3 Å². The van der Waals surface area contributed by atoms with Crippen molar-refractivity contribution in [1.29, 1.82) is 0 Å². The second-order valence-corrected chi connectivity index (χ2v) is 2.77. The Morgan fingerprint density at radius 1 is 0.929 bits per heavy atom. The molecule has 0 bridgehead atoms. The topological polar surface area (TPSA) is 34.1 Å². The first-order chi connectivity index (χ1) is 6.04. The molecule has 0 amide bonds. The van der Waals surface area contributed by atoms with E-state index in [1.54, 1.807) is 0 Å². The van der Waals surface area contributed by atoms with Gasteiger partial charge in [0.2, 0.25) is 0 Å². The van der Waals surface area contributed by atoms with Crippen LogP contribution >= 0.6 is 0 Å². The highest BCUT2D eigenvalue weighted by atomic mass is 16.2. The van der Waals surface area contributed by atoms with E-state index >= 15 is 0 Å². The van der Waals surface area contributed by atoms with Crippen LogP contribution in [0.1, 0.15) is 26.8 Å². The summed E-state index contributed by atoms with van der Waals surface area (Å²) in [5.41, 5.74) is 1.32. The molecule has 0 aliphatic rings. The zero-order valence-corrected chi connectivity index (χ0v) is 8.20. The Kier molecular flexibility index (Phi) is 8.79. The zero-order chi connectivity index (χ0) is 10.3. The number of carbonyl (C=O) groups excluding carboxylic acids is 2. The minimum absolute atomic E-state index is 0. The lowest BCUT2D eigenvalue weighted by Gasteiger charge is -1.82. The van der Waals surface area contributed by atoms with Gasteiger partial charge in [-0.2, -0.15) is 0 Å². The van der Waals surface area contributed by atoms with Gasteiger partial charge in [-0.3, -0.25) is 9.59 Å². The monoisotopic (exact) mass is 194 g/mol. The van der Waals surface area contributed by atoms with E-state index in [0.29, 0.717) is 0 Å². The number of rotatable bonds is 1. The average Bonchev–Trinajstić information content (AvgIpc) is 2.06. The van der Waals surface area contributed by atoms with Crippen molar-refractivity contribution in [3.05, 3.63) is 35.9 Å². The van der Waals surface area contributed by atoms with Crippen molar-refractivity contribution in [1.82, 2.24) is 0 Å². The van der Waals surface area contributed by atoms with Gasteiger partial charge in [-0.25, -0.2) is 0 Å². The van der Waals surface area contributed by atoms with Crippen LogP contribution in [0.4, 0.5) is 0 Å². The molecule has 14 heavy (non-hydrogen) atoms. The summed E-state index contributed by atoms with van der Waals surface area (Å²) in [7, 11) is 0. The van der Waals surface area contributed by atoms with Crippen molar-refractivity contribution in [3.63, 3.8) is 0 Å². The molecule has 0 heterocycles. The fraction of sp³-hybridized carbons (Fsp3) is 0.333. The largest absolute Gasteiger partial charge is 0.291 e. The zero-order valence-electron chi connectivity index (χ0n) is 8.20. The highest BCUT2D eigenvalue weighted by molar-refractivity contribution is 6.35. The lowest BCUT2D eigenvalue weighted by atomic mass is 10.2. The molecule has 0 radical (unpaired) electrons. The smallest absolute Gasteiger partial charge is 0.195 e. The van der Waals surface area contributed by atoms with Crippen molar-refractivity contribution in [2.24, 2.45) is 0 Å². The number of hydrogen-bond acceptors (Lipinski definition) is 2. The van der Waals surface area contributed by atoms with Crippen LogP contribution in [-0.4, -0.2) is 11.6 Å². The summed E-state index contributed by atoms with van der Waals surface area (Å²) < 4.78 is 0. The van der Waals surface area contributed by atoms with E-state index in [4.69, 9.17) is 0 Å². The molecule has 1 aromatic carbocycles. The molecule has 2 nitrogen and oxygen atoms in total. The first-order valence-electron chi connectivity index (χ1n) is 4.07. The number of Topliss-reactive ketones (excluding diaryl/α,β-unsaturated/α-hetero) is 2. The maximum atomic E-state index is 9.79. The molecule has 2 heteroatoms. The summed E-state index contributed by atoms with van der Waals surface area (Å²) >= 11 is 0. The molecule has 0 atom stereocenters. The van der Waals surface area contributed by atoms with Crippen LogP contribution in [0.3, 0.4) is 0 Å². The Balaban J connectivity index is 0. The van der Waals surface area contributed by atoms with E-state index in [9.17, 15) is 9.59 Å². The van der Waals surface area contributed by atoms with Crippen molar-refractivity contribution >= 4 is 11.6 Å².